The molecule has 2 rings (SSSR count). The van der Waals surface area contributed by atoms with Crippen LogP contribution in [0.2, 0.25) is 0 Å². The molecule has 0 amide bonds. The number of thiazole rings is 1. The van der Waals surface area contributed by atoms with Gasteiger partial charge in [0.25, 0.3) is 0 Å². The highest BCUT2D eigenvalue weighted by molar-refractivity contribution is 7.09. The minimum atomic E-state index is -0.0702. The lowest BCUT2D eigenvalue weighted by molar-refractivity contribution is 0.397. The van der Waals surface area contributed by atoms with E-state index in [4.69, 9.17) is 0 Å². The molecule has 0 aliphatic heterocycles. The zero-order chi connectivity index (χ0) is 10.7. The Bertz CT molecular complexity index is 389. The van der Waals surface area contributed by atoms with Gasteiger partial charge >= 0.3 is 0 Å². The van der Waals surface area contributed by atoms with Gasteiger partial charge in [0, 0.05) is 30.0 Å². The average molecular weight is 221 g/mol. The standard InChI is InChI=1S/C11H15N3S/c1-11(2,10-13-6-7-15-10)14-8-9-4-3-5-12-9/h3-7,12,14H,8H2,1-2H3. The van der Waals surface area contributed by atoms with E-state index in [1.54, 1.807) is 11.3 Å². The van der Waals surface area contributed by atoms with Crippen LogP contribution in [0.15, 0.2) is 29.9 Å². The van der Waals surface area contributed by atoms with Crippen molar-refractivity contribution in [3.05, 3.63) is 40.6 Å². The molecule has 80 valence electrons. The van der Waals surface area contributed by atoms with E-state index in [9.17, 15) is 0 Å². The summed E-state index contributed by atoms with van der Waals surface area (Å²) in [6, 6.07) is 4.08. The second-order valence-corrected chi connectivity index (χ2v) is 4.91. The fourth-order valence-electron chi connectivity index (χ4n) is 1.40. The van der Waals surface area contributed by atoms with E-state index in [0.29, 0.717) is 0 Å². The van der Waals surface area contributed by atoms with E-state index in [1.807, 2.05) is 23.8 Å². The summed E-state index contributed by atoms with van der Waals surface area (Å²) in [6.45, 7) is 5.13. The number of aromatic nitrogens is 2. The van der Waals surface area contributed by atoms with Gasteiger partial charge in [-0.1, -0.05) is 0 Å². The molecule has 0 spiro atoms. The Kier molecular flexibility index (Phi) is 2.88. The number of hydrogen-bond acceptors (Lipinski definition) is 3. The van der Waals surface area contributed by atoms with Crippen LogP contribution in [-0.2, 0) is 12.1 Å². The van der Waals surface area contributed by atoms with Crippen molar-refractivity contribution >= 4 is 11.3 Å². The van der Waals surface area contributed by atoms with Gasteiger partial charge in [-0.05, 0) is 26.0 Å². The third-order valence-electron chi connectivity index (χ3n) is 2.35. The zero-order valence-electron chi connectivity index (χ0n) is 8.95. The fourth-order valence-corrected chi connectivity index (χ4v) is 2.14. The van der Waals surface area contributed by atoms with Gasteiger partial charge in [-0.3, -0.25) is 0 Å². The quantitative estimate of drug-likeness (QED) is 0.832. The van der Waals surface area contributed by atoms with E-state index in [-0.39, 0.29) is 5.54 Å². The van der Waals surface area contributed by atoms with Crippen LogP contribution in [-0.4, -0.2) is 9.97 Å². The number of aromatic amines is 1. The van der Waals surface area contributed by atoms with E-state index in [2.05, 4.69) is 35.2 Å². The van der Waals surface area contributed by atoms with E-state index < -0.39 is 0 Å². The van der Waals surface area contributed by atoms with Gasteiger partial charge in [0.15, 0.2) is 0 Å². The maximum atomic E-state index is 4.33. The van der Waals surface area contributed by atoms with Crippen LogP contribution in [0, 0.1) is 0 Å². The summed E-state index contributed by atoms with van der Waals surface area (Å²) in [5.74, 6) is 0. The minimum Gasteiger partial charge on any atom is -0.364 e. The Morgan fingerprint density at radius 3 is 3.00 bits per heavy atom. The van der Waals surface area contributed by atoms with Crippen LogP contribution in [0.5, 0.6) is 0 Å². The SMILES string of the molecule is CC(C)(NCc1ccc[nH]1)c1nccs1. The van der Waals surface area contributed by atoms with Crippen LogP contribution < -0.4 is 5.32 Å². The van der Waals surface area contributed by atoms with Gasteiger partial charge in [-0.25, -0.2) is 4.98 Å². The highest BCUT2D eigenvalue weighted by Crippen LogP contribution is 2.22. The molecular formula is C11H15N3S. The van der Waals surface area contributed by atoms with Crippen molar-refractivity contribution in [2.24, 2.45) is 0 Å². The molecule has 0 radical (unpaired) electrons. The molecule has 2 aromatic rings. The molecule has 0 unspecified atom stereocenters. The monoisotopic (exact) mass is 221 g/mol. The zero-order valence-corrected chi connectivity index (χ0v) is 9.77. The van der Waals surface area contributed by atoms with Gasteiger partial charge in [0.1, 0.15) is 5.01 Å². The minimum absolute atomic E-state index is 0.0702. The first-order valence-electron chi connectivity index (χ1n) is 4.96. The molecule has 0 aromatic carbocycles. The lowest BCUT2D eigenvalue weighted by atomic mass is 10.1. The molecule has 15 heavy (non-hydrogen) atoms. The summed E-state index contributed by atoms with van der Waals surface area (Å²) in [5, 5.41) is 6.61. The Morgan fingerprint density at radius 2 is 2.40 bits per heavy atom. The molecule has 4 heteroatoms. The number of hydrogen-bond donors (Lipinski definition) is 2. The second kappa shape index (κ2) is 4.16. The molecule has 2 aromatic heterocycles. The maximum Gasteiger partial charge on any atom is 0.112 e. The van der Waals surface area contributed by atoms with Gasteiger partial charge in [-0.15, -0.1) is 11.3 Å². The summed E-state index contributed by atoms with van der Waals surface area (Å²) < 4.78 is 0. The summed E-state index contributed by atoms with van der Waals surface area (Å²) in [6.07, 6.45) is 3.78. The number of rotatable bonds is 4. The normalized spacial score (nSPS) is 11.9. The van der Waals surface area contributed by atoms with Crippen molar-refractivity contribution in [3.8, 4) is 0 Å². The van der Waals surface area contributed by atoms with Crippen LogP contribution in [0.25, 0.3) is 0 Å². The molecule has 0 bridgehead atoms. The third-order valence-corrected chi connectivity index (χ3v) is 3.45. The maximum absolute atomic E-state index is 4.33. The molecular weight excluding hydrogens is 206 g/mol. The second-order valence-electron chi connectivity index (χ2n) is 4.01. The molecule has 0 aliphatic rings. The predicted octanol–water partition coefficient (Wildman–Crippen LogP) is 2.50. The smallest absolute Gasteiger partial charge is 0.112 e. The van der Waals surface area contributed by atoms with Crippen LogP contribution in [0.1, 0.15) is 24.5 Å². The number of H-pyrrole nitrogens is 1. The predicted molar refractivity (Wildman–Crippen MR) is 62.8 cm³/mol. The summed E-state index contributed by atoms with van der Waals surface area (Å²) in [5.41, 5.74) is 1.12. The first-order chi connectivity index (χ1) is 7.18. The largest absolute Gasteiger partial charge is 0.364 e. The average Bonchev–Trinajstić information content (AvgIpc) is 2.88. The van der Waals surface area contributed by atoms with Crippen molar-refractivity contribution in [1.29, 1.82) is 0 Å². The Hall–Kier alpha value is -1.13. The van der Waals surface area contributed by atoms with Gasteiger partial charge in [0.05, 0.1) is 5.54 Å². The topological polar surface area (TPSA) is 40.7 Å². The molecule has 0 aliphatic carbocycles. The first-order valence-corrected chi connectivity index (χ1v) is 5.84. The third kappa shape index (κ3) is 2.46. The van der Waals surface area contributed by atoms with Crippen LogP contribution in [0.4, 0.5) is 0 Å². The van der Waals surface area contributed by atoms with Crippen molar-refractivity contribution in [3.63, 3.8) is 0 Å². The Morgan fingerprint density at radius 1 is 1.53 bits per heavy atom. The van der Waals surface area contributed by atoms with Crippen molar-refractivity contribution in [2.75, 3.05) is 0 Å². The number of nitrogens with zero attached hydrogens (tertiary/aromatic N) is 1. The van der Waals surface area contributed by atoms with E-state index in [0.717, 1.165) is 11.6 Å². The summed E-state index contributed by atoms with van der Waals surface area (Å²) in [7, 11) is 0. The molecule has 0 saturated heterocycles. The van der Waals surface area contributed by atoms with Gasteiger partial charge in [-0.2, -0.15) is 0 Å². The highest BCUT2D eigenvalue weighted by Gasteiger charge is 2.22. The van der Waals surface area contributed by atoms with Crippen molar-refractivity contribution < 1.29 is 0 Å². The summed E-state index contributed by atoms with van der Waals surface area (Å²) >= 11 is 1.68. The van der Waals surface area contributed by atoms with Crippen molar-refractivity contribution in [2.45, 2.75) is 25.9 Å². The lowest BCUT2D eigenvalue weighted by Crippen LogP contribution is -2.35. The van der Waals surface area contributed by atoms with Crippen LogP contribution in [0.3, 0.4) is 0 Å². The molecule has 2 heterocycles. The molecule has 0 fully saturated rings. The Labute approximate surface area is 93.6 Å². The van der Waals surface area contributed by atoms with E-state index >= 15 is 0 Å². The lowest BCUT2D eigenvalue weighted by Gasteiger charge is -2.23. The molecule has 0 atom stereocenters. The summed E-state index contributed by atoms with van der Waals surface area (Å²) in [4.78, 5) is 7.51. The fraction of sp³-hybridized carbons (Fsp3) is 0.364. The molecule has 2 N–H and O–H groups in total. The first kappa shape index (κ1) is 10.4. The molecule has 0 saturated carbocycles. The van der Waals surface area contributed by atoms with Gasteiger partial charge < -0.3 is 10.3 Å². The molecule has 3 nitrogen and oxygen atoms in total. The number of nitrogens with one attached hydrogen (secondary N) is 2. The Balaban J connectivity index is 1.99. The van der Waals surface area contributed by atoms with E-state index in [1.165, 1.54) is 5.69 Å². The highest BCUT2D eigenvalue weighted by atomic mass is 32.1. The van der Waals surface area contributed by atoms with Crippen LogP contribution >= 0.6 is 11.3 Å². The van der Waals surface area contributed by atoms with Gasteiger partial charge in [0.2, 0.25) is 0 Å². The van der Waals surface area contributed by atoms with Crippen molar-refractivity contribution in [1.82, 2.24) is 15.3 Å².